The van der Waals surface area contributed by atoms with E-state index in [1.54, 1.807) is 0 Å². The van der Waals surface area contributed by atoms with Gasteiger partial charge in [-0.2, -0.15) is 0 Å². The van der Waals surface area contributed by atoms with Gasteiger partial charge in [0.1, 0.15) is 16.8 Å². The van der Waals surface area contributed by atoms with Crippen molar-refractivity contribution < 1.29 is 9.47 Å². The van der Waals surface area contributed by atoms with Gasteiger partial charge < -0.3 is 14.8 Å². The zero-order valence-corrected chi connectivity index (χ0v) is 11.5. The van der Waals surface area contributed by atoms with E-state index in [4.69, 9.17) is 21.1 Å². The maximum atomic E-state index is 6.07. The van der Waals surface area contributed by atoms with Crippen LogP contribution < -0.4 is 5.32 Å². The molecule has 1 aliphatic rings. The van der Waals surface area contributed by atoms with Crippen LogP contribution in [0.15, 0.2) is 0 Å². The summed E-state index contributed by atoms with van der Waals surface area (Å²) in [5.41, 5.74) is 0.866. The predicted molar refractivity (Wildman–Crippen MR) is 70.2 cm³/mol. The van der Waals surface area contributed by atoms with Gasteiger partial charge in [-0.25, -0.2) is 9.97 Å². The monoisotopic (exact) mass is 271 g/mol. The van der Waals surface area contributed by atoms with Gasteiger partial charge in [0.15, 0.2) is 0 Å². The van der Waals surface area contributed by atoms with E-state index >= 15 is 0 Å². The first-order chi connectivity index (χ1) is 8.70. The smallest absolute Gasteiger partial charge is 0.137 e. The molecule has 1 aliphatic heterocycles. The number of nitrogens with zero attached hydrogens (tertiary/aromatic N) is 2. The Morgan fingerprint density at radius 3 is 2.89 bits per heavy atom. The highest BCUT2D eigenvalue weighted by Gasteiger charge is 2.15. The van der Waals surface area contributed by atoms with E-state index in [0.717, 1.165) is 23.6 Å². The summed E-state index contributed by atoms with van der Waals surface area (Å²) in [7, 11) is 0. The predicted octanol–water partition coefficient (Wildman–Crippen LogP) is 1.83. The molecule has 0 aromatic carbocycles. The zero-order chi connectivity index (χ0) is 13.0. The van der Waals surface area contributed by atoms with E-state index in [9.17, 15) is 0 Å². The van der Waals surface area contributed by atoms with Crippen LogP contribution in [-0.4, -0.2) is 42.4 Å². The SMILES string of the molecule is CCc1nc(Cl)c(C)c(NCC2COCCO2)n1. The third-order valence-electron chi connectivity index (χ3n) is 2.83. The molecule has 1 atom stereocenters. The molecule has 5 nitrogen and oxygen atoms in total. The molecule has 0 radical (unpaired) electrons. The lowest BCUT2D eigenvalue weighted by Gasteiger charge is -2.23. The standard InChI is InChI=1S/C12H18ClN3O2/c1-3-10-15-11(13)8(2)12(16-10)14-6-9-7-17-4-5-18-9/h9H,3-7H2,1-2H3,(H,14,15,16). The molecule has 18 heavy (non-hydrogen) atoms. The van der Waals surface area contributed by atoms with Gasteiger partial charge in [0.05, 0.1) is 25.9 Å². The van der Waals surface area contributed by atoms with Crippen molar-refractivity contribution in [3.05, 3.63) is 16.5 Å². The summed E-state index contributed by atoms with van der Waals surface area (Å²) in [5.74, 6) is 1.52. The number of rotatable bonds is 4. The van der Waals surface area contributed by atoms with E-state index < -0.39 is 0 Å². The summed E-state index contributed by atoms with van der Waals surface area (Å²) in [6.07, 6.45) is 0.828. The number of hydrogen-bond donors (Lipinski definition) is 1. The first-order valence-electron chi connectivity index (χ1n) is 6.17. The van der Waals surface area contributed by atoms with Crippen LogP contribution in [0.25, 0.3) is 0 Å². The second-order valence-electron chi connectivity index (χ2n) is 4.21. The fourth-order valence-electron chi connectivity index (χ4n) is 1.73. The molecule has 0 amide bonds. The molecule has 1 aromatic rings. The Labute approximate surface area is 112 Å². The molecule has 0 bridgehead atoms. The van der Waals surface area contributed by atoms with E-state index in [2.05, 4.69) is 15.3 Å². The average molecular weight is 272 g/mol. The fourth-order valence-corrected chi connectivity index (χ4v) is 1.92. The van der Waals surface area contributed by atoms with Gasteiger partial charge in [0.2, 0.25) is 0 Å². The lowest BCUT2D eigenvalue weighted by Crippen LogP contribution is -2.34. The lowest BCUT2D eigenvalue weighted by molar-refractivity contribution is -0.0819. The molecule has 0 saturated carbocycles. The number of anilines is 1. The highest BCUT2D eigenvalue weighted by Crippen LogP contribution is 2.20. The highest BCUT2D eigenvalue weighted by atomic mass is 35.5. The van der Waals surface area contributed by atoms with Gasteiger partial charge in [0.25, 0.3) is 0 Å². The Morgan fingerprint density at radius 1 is 1.39 bits per heavy atom. The van der Waals surface area contributed by atoms with Crippen molar-refractivity contribution in [2.45, 2.75) is 26.4 Å². The summed E-state index contributed by atoms with van der Waals surface area (Å²) in [4.78, 5) is 8.64. The lowest BCUT2D eigenvalue weighted by atomic mass is 10.3. The average Bonchev–Trinajstić information content (AvgIpc) is 2.41. The molecule has 6 heteroatoms. The van der Waals surface area contributed by atoms with Crippen molar-refractivity contribution in [3.63, 3.8) is 0 Å². The van der Waals surface area contributed by atoms with Crippen LogP contribution in [0.1, 0.15) is 18.3 Å². The van der Waals surface area contributed by atoms with Crippen LogP contribution in [0.5, 0.6) is 0 Å². The van der Waals surface area contributed by atoms with E-state index in [1.807, 2.05) is 13.8 Å². The van der Waals surface area contributed by atoms with Gasteiger partial charge in [-0.05, 0) is 6.92 Å². The summed E-state index contributed by atoms with van der Waals surface area (Å²) in [5, 5.41) is 3.76. The number of aryl methyl sites for hydroxylation is 1. The molecule has 1 fully saturated rings. The van der Waals surface area contributed by atoms with Gasteiger partial charge in [-0.3, -0.25) is 0 Å². The number of hydrogen-bond acceptors (Lipinski definition) is 5. The van der Waals surface area contributed by atoms with Gasteiger partial charge in [-0.15, -0.1) is 0 Å². The van der Waals surface area contributed by atoms with Gasteiger partial charge in [-0.1, -0.05) is 18.5 Å². The third kappa shape index (κ3) is 3.31. The van der Waals surface area contributed by atoms with E-state index in [1.165, 1.54) is 0 Å². The first kappa shape index (κ1) is 13.5. The zero-order valence-electron chi connectivity index (χ0n) is 10.7. The Hall–Kier alpha value is -0.910. The van der Waals surface area contributed by atoms with Crippen molar-refractivity contribution in [2.75, 3.05) is 31.7 Å². The van der Waals surface area contributed by atoms with Gasteiger partial charge >= 0.3 is 0 Å². The molecule has 2 rings (SSSR count). The molecule has 0 spiro atoms. The maximum absolute atomic E-state index is 6.07. The minimum absolute atomic E-state index is 0.0666. The van der Waals surface area contributed by atoms with Crippen LogP contribution in [0.4, 0.5) is 5.82 Å². The summed E-state index contributed by atoms with van der Waals surface area (Å²) in [6.45, 7) is 6.51. The second kappa shape index (κ2) is 6.31. The quantitative estimate of drug-likeness (QED) is 0.847. The minimum atomic E-state index is 0.0666. The normalized spacial score (nSPS) is 19.8. The summed E-state index contributed by atoms with van der Waals surface area (Å²) < 4.78 is 10.9. The topological polar surface area (TPSA) is 56.3 Å². The molecule has 1 unspecified atom stereocenters. The van der Waals surface area contributed by atoms with Crippen molar-refractivity contribution in [1.82, 2.24) is 9.97 Å². The molecular formula is C12H18ClN3O2. The molecule has 100 valence electrons. The molecule has 1 aromatic heterocycles. The minimum Gasteiger partial charge on any atom is -0.376 e. The van der Waals surface area contributed by atoms with E-state index in [-0.39, 0.29) is 6.10 Å². The third-order valence-corrected chi connectivity index (χ3v) is 3.20. The van der Waals surface area contributed by atoms with Crippen molar-refractivity contribution >= 4 is 17.4 Å². The number of ether oxygens (including phenoxy) is 2. The van der Waals surface area contributed by atoms with Crippen LogP contribution in [0.3, 0.4) is 0 Å². The maximum Gasteiger partial charge on any atom is 0.137 e. The van der Waals surface area contributed by atoms with Crippen LogP contribution in [0, 0.1) is 6.92 Å². The van der Waals surface area contributed by atoms with Crippen LogP contribution in [0.2, 0.25) is 5.15 Å². The van der Waals surface area contributed by atoms with Gasteiger partial charge in [0, 0.05) is 18.5 Å². The Morgan fingerprint density at radius 2 is 2.22 bits per heavy atom. The second-order valence-corrected chi connectivity index (χ2v) is 4.56. The largest absolute Gasteiger partial charge is 0.376 e. The fraction of sp³-hybridized carbons (Fsp3) is 0.667. The molecular weight excluding hydrogens is 254 g/mol. The first-order valence-corrected chi connectivity index (χ1v) is 6.54. The molecule has 1 N–H and O–H groups in total. The van der Waals surface area contributed by atoms with E-state index in [0.29, 0.717) is 31.5 Å². The Balaban J connectivity index is 2.01. The number of nitrogens with one attached hydrogen (secondary N) is 1. The molecule has 2 heterocycles. The van der Waals surface area contributed by atoms with Crippen molar-refractivity contribution in [2.24, 2.45) is 0 Å². The molecule has 1 saturated heterocycles. The number of halogens is 1. The Bertz CT molecular complexity index is 409. The molecule has 0 aliphatic carbocycles. The van der Waals surface area contributed by atoms with Crippen LogP contribution >= 0.6 is 11.6 Å². The van der Waals surface area contributed by atoms with Crippen LogP contribution in [-0.2, 0) is 15.9 Å². The highest BCUT2D eigenvalue weighted by molar-refractivity contribution is 6.30. The summed E-state index contributed by atoms with van der Waals surface area (Å²) >= 11 is 6.07. The van der Waals surface area contributed by atoms with Crippen molar-refractivity contribution in [1.29, 1.82) is 0 Å². The summed E-state index contributed by atoms with van der Waals surface area (Å²) in [6, 6.07) is 0. The number of aromatic nitrogens is 2. The Kier molecular flexibility index (Phi) is 4.74. The van der Waals surface area contributed by atoms with Crippen molar-refractivity contribution in [3.8, 4) is 0 Å².